The number of nitrogens with zero attached hydrogens (tertiary/aromatic N) is 2. The van der Waals surface area contributed by atoms with Gasteiger partial charge in [0.1, 0.15) is 0 Å². The number of rotatable bonds is 5. The fraction of sp³-hybridized carbons (Fsp3) is 0.269. The van der Waals surface area contributed by atoms with E-state index >= 15 is 0 Å². The molecule has 3 amide bonds. The van der Waals surface area contributed by atoms with Crippen molar-refractivity contribution in [1.29, 1.82) is 0 Å². The van der Waals surface area contributed by atoms with Crippen molar-refractivity contribution in [3.8, 4) is 0 Å². The zero-order valence-corrected chi connectivity index (χ0v) is 19.3. The molecule has 1 aliphatic heterocycles. The van der Waals surface area contributed by atoms with Gasteiger partial charge in [0.15, 0.2) is 0 Å². The number of anilines is 2. The summed E-state index contributed by atoms with van der Waals surface area (Å²) in [6.45, 7) is 8.22. The van der Waals surface area contributed by atoms with Crippen LogP contribution in [0.15, 0.2) is 54.6 Å². The van der Waals surface area contributed by atoms with Gasteiger partial charge in [-0.25, -0.2) is 0 Å². The van der Waals surface area contributed by atoms with Crippen LogP contribution in [0.25, 0.3) is 0 Å². The number of carbonyl (C=O) groups excluding carboxylic acids is 3. The van der Waals surface area contributed by atoms with E-state index in [1.165, 1.54) is 0 Å². The highest BCUT2D eigenvalue weighted by atomic mass is 16.2. The fourth-order valence-electron chi connectivity index (χ4n) is 3.99. The highest BCUT2D eigenvalue weighted by molar-refractivity contribution is 6.04. The lowest BCUT2D eigenvalue weighted by Crippen LogP contribution is -2.28. The molecular formula is C26H28N4O3. The smallest absolute Gasteiger partial charge is 0.270 e. The first-order valence-electron chi connectivity index (χ1n) is 11.0. The van der Waals surface area contributed by atoms with Gasteiger partial charge in [0.2, 0.25) is 11.8 Å². The van der Waals surface area contributed by atoms with Crippen molar-refractivity contribution >= 4 is 29.1 Å². The maximum atomic E-state index is 12.8. The Labute approximate surface area is 193 Å². The van der Waals surface area contributed by atoms with E-state index in [1.54, 1.807) is 33.8 Å². The maximum Gasteiger partial charge on any atom is 0.270 e. The molecule has 7 nitrogen and oxygen atoms in total. The van der Waals surface area contributed by atoms with Crippen LogP contribution in [0.1, 0.15) is 39.3 Å². The Morgan fingerprint density at radius 1 is 0.879 bits per heavy atom. The summed E-state index contributed by atoms with van der Waals surface area (Å²) < 4.78 is 1.73. The van der Waals surface area contributed by atoms with Crippen LogP contribution in [0.5, 0.6) is 0 Å². The summed E-state index contributed by atoms with van der Waals surface area (Å²) in [5, 5.41) is 2.87. The third-order valence-corrected chi connectivity index (χ3v) is 6.20. The molecule has 0 spiro atoms. The lowest BCUT2D eigenvalue weighted by atomic mass is 10.1. The molecule has 1 aromatic heterocycles. The van der Waals surface area contributed by atoms with Crippen molar-refractivity contribution < 1.29 is 14.4 Å². The molecule has 3 aromatic rings. The Morgan fingerprint density at radius 2 is 1.55 bits per heavy atom. The monoisotopic (exact) mass is 444 g/mol. The number of amides is 3. The van der Waals surface area contributed by atoms with Crippen LogP contribution in [0.2, 0.25) is 0 Å². The molecule has 1 saturated heterocycles. The lowest BCUT2D eigenvalue weighted by Gasteiger charge is -2.18. The highest BCUT2D eigenvalue weighted by Crippen LogP contribution is 2.27. The number of carbonyl (C=O) groups is 3. The van der Waals surface area contributed by atoms with Gasteiger partial charge in [-0.05, 0) is 87.4 Å². The average molecular weight is 445 g/mol. The molecule has 1 fully saturated rings. The molecule has 2 aromatic carbocycles. The summed E-state index contributed by atoms with van der Waals surface area (Å²) in [6, 6.07) is 16.5. The van der Waals surface area contributed by atoms with Crippen molar-refractivity contribution in [2.75, 3.05) is 22.2 Å². The van der Waals surface area contributed by atoms with Crippen LogP contribution >= 0.6 is 0 Å². The summed E-state index contributed by atoms with van der Waals surface area (Å²) in [6.07, 6.45) is 0.175. The largest absolute Gasteiger partial charge is 0.326 e. The third kappa shape index (κ3) is 4.67. The van der Waals surface area contributed by atoms with Gasteiger partial charge >= 0.3 is 0 Å². The maximum absolute atomic E-state index is 12.8. The quantitative estimate of drug-likeness (QED) is 0.622. The Bertz CT molecular complexity index is 1210. The van der Waals surface area contributed by atoms with E-state index in [4.69, 9.17) is 0 Å². The van der Waals surface area contributed by atoms with E-state index in [0.29, 0.717) is 17.8 Å². The Kier molecular flexibility index (Phi) is 6.05. The van der Waals surface area contributed by atoms with Gasteiger partial charge in [-0.3, -0.25) is 24.5 Å². The molecule has 2 N–H and O–H groups in total. The van der Waals surface area contributed by atoms with E-state index in [0.717, 1.165) is 28.2 Å². The molecule has 0 saturated carbocycles. The first-order chi connectivity index (χ1) is 15.7. The topological polar surface area (TPSA) is 83.4 Å². The minimum absolute atomic E-state index is 0.0546. The van der Waals surface area contributed by atoms with Crippen LogP contribution < -0.4 is 15.6 Å². The fourth-order valence-corrected chi connectivity index (χ4v) is 3.99. The van der Waals surface area contributed by atoms with Crippen molar-refractivity contribution in [2.24, 2.45) is 5.92 Å². The zero-order chi connectivity index (χ0) is 23.7. The lowest BCUT2D eigenvalue weighted by molar-refractivity contribution is -0.122. The van der Waals surface area contributed by atoms with Gasteiger partial charge in [0.25, 0.3) is 5.91 Å². The molecule has 1 atom stereocenters. The molecule has 2 heterocycles. The SMILES string of the molecule is Cc1ccc(N2C[C@H](C(=O)Nc3ccc(C(=O)Nn4c(C)ccc4C)cc3)CC2=O)cc1C. The molecule has 7 heteroatoms. The Hall–Kier alpha value is -3.87. The number of benzene rings is 2. The molecular weight excluding hydrogens is 416 g/mol. The van der Waals surface area contributed by atoms with Crippen molar-refractivity contribution in [1.82, 2.24) is 4.68 Å². The second-order valence-corrected chi connectivity index (χ2v) is 8.63. The molecule has 0 aliphatic carbocycles. The second kappa shape index (κ2) is 8.94. The van der Waals surface area contributed by atoms with E-state index in [9.17, 15) is 14.4 Å². The van der Waals surface area contributed by atoms with E-state index in [-0.39, 0.29) is 24.1 Å². The van der Waals surface area contributed by atoms with Crippen LogP contribution in [0, 0.1) is 33.6 Å². The minimum atomic E-state index is -0.429. The third-order valence-electron chi connectivity index (χ3n) is 6.20. The summed E-state index contributed by atoms with van der Waals surface area (Å²) in [5.41, 5.74) is 8.89. The Morgan fingerprint density at radius 3 is 2.18 bits per heavy atom. The minimum Gasteiger partial charge on any atom is -0.326 e. The second-order valence-electron chi connectivity index (χ2n) is 8.63. The standard InChI is InChI=1S/C26H28N4O3/c1-16-5-12-23(13-17(16)2)29-15-21(14-24(29)31)25(32)27-22-10-8-20(9-11-22)26(33)28-30-18(3)6-7-19(30)4/h5-13,21H,14-15H2,1-4H3,(H,27,32)(H,28,33)/t21-/m1/s1. The molecule has 0 radical (unpaired) electrons. The molecule has 4 rings (SSSR count). The molecule has 1 aliphatic rings. The van der Waals surface area contributed by atoms with Gasteiger partial charge in [-0.1, -0.05) is 6.07 Å². The number of aromatic nitrogens is 1. The van der Waals surface area contributed by atoms with Gasteiger partial charge in [0.05, 0.1) is 5.92 Å². The van der Waals surface area contributed by atoms with Crippen molar-refractivity contribution in [3.05, 3.63) is 82.7 Å². The predicted octanol–water partition coefficient (Wildman–Crippen LogP) is 4.10. The highest BCUT2D eigenvalue weighted by Gasteiger charge is 2.35. The summed E-state index contributed by atoms with van der Waals surface area (Å²) in [5.74, 6) is -0.922. The predicted molar refractivity (Wildman–Crippen MR) is 129 cm³/mol. The van der Waals surface area contributed by atoms with Crippen LogP contribution in [-0.4, -0.2) is 28.9 Å². The first-order valence-corrected chi connectivity index (χ1v) is 11.0. The van der Waals surface area contributed by atoms with Crippen molar-refractivity contribution in [2.45, 2.75) is 34.1 Å². The number of nitrogens with one attached hydrogen (secondary N) is 2. The van der Waals surface area contributed by atoms with E-state index < -0.39 is 5.92 Å². The summed E-state index contributed by atoms with van der Waals surface area (Å²) in [7, 11) is 0. The molecule has 0 bridgehead atoms. The van der Waals surface area contributed by atoms with Crippen molar-refractivity contribution in [3.63, 3.8) is 0 Å². The number of hydrogen-bond donors (Lipinski definition) is 2. The van der Waals surface area contributed by atoms with Gasteiger partial charge in [-0.2, -0.15) is 0 Å². The molecule has 170 valence electrons. The summed E-state index contributed by atoms with van der Waals surface area (Å²) >= 11 is 0. The van der Waals surface area contributed by atoms with Crippen LogP contribution in [0.4, 0.5) is 11.4 Å². The van der Waals surface area contributed by atoms with Gasteiger partial charge < -0.3 is 10.2 Å². The normalized spacial score (nSPS) is 15.6. The summed E-state index contributed by atoms with van der Waals surface area (Å²) in [4.78, 5) is 39.6. The number of hydrogen-bond acceptors (Lipinski definition) is 3. The average Bonchev–Trinajstić information content (AvgIpc) is 3.33. The Balaban J connectivity index is 1.38. The van der Waals surface area contributed by atoms with E-state index in [1.807, 2.05) is 58.0 Å². The first kappa shape index (κ1) is 22.3. The number of aryl methyl sites for hydroxylation is 4. The van der Waals surface area contributed by atoms with Gasteiger partial charge in [-0.15, -0.1) is 0 Å². The molecule has 33 heavy (non-hydrogen) atoms. The van der Waals surface area contributed by atoms with Crippen LogP contribution in [0.3, 0.4) is 0 Å². The van der Waals surface area contributed by atoms with Crippen LogP contribution in [-0.2, 0) is 9.59 Å². The van der Waals surface area contributed by atoms with Gasteiger partial charge in [0, 0.05) is 41.3 Å². The zero-order valence-electron chi connectivity index (χ0n) is 19.3. The van der Waals surface area contributed by atoms with E-state index in [2.05, 4.69) is 10.7 Å². The molecule has 0 unspecified atom stereocenters.